The van der Waals surface area contributed by atoms with Crippen LogP contribution in [-0.2, 0) is 9.53 Å². The van der Waals surface area contributed by atoms with E-state index in [1.165, 1.54) is 14.0 Å². The molecular formula is C20H18N4O3. The normalized spacial score (nSPS) is 11.8. The lowest BCUT2D eigenvalue weighted by molar-refractivity contribution is -0.143. The van der Waals surface area contributed by atoms with Gasteiger partial charge in [0.2, 0.25) is 0 Å². The van der Waals surface area contributed by atoms with Crippen LogP contribution in [-0.4, -0.2) is 31.1 Å². The third kappa shape index (κ3) is 5.63. The highest BCUT2D eigenvalue weighted by Crippen LogP contribution is 2.07. The van der Waals surface area contributed by atoms with Gasteiger partial charge in [-0.2, -0.15) is 0 Å². The lowest BCUT2D eigenvalue weighted by Crippen LogP contribution is -2.47. The summed E-state index contributed by atoms with van der Waals surface area (Å²) in [5.41, 5.74) is 10.5. The van der Waals surface area contributed by atoms with E-state index in [4.69, 9.17) is 5.53 Å². The van der Waals surface area contributed by atoms with Crippen LogP contribution in [0.1, 0.15) is 28.4 Å². The largest absolute Gasteiger partial charge is 0.467 e. The predicted octanol–water partition coefficient (Wildman–Crippen LogP) is 3.06. The van der Waals surface area contributed by atoms with Gasteiger partial charge < -0.3 is 10.1 Å². The van der Waals surface area contributed by atoms with Gasteiger partial charge in [0.15, 0.2) is 0 Å². The van der Waals surface area contributed by atoms with Crippen molar-refractivity contribution in [1.82, 2.24) is 5.32 Å². The second-order valence-electron chi connectivity index (χ2n) is 5.61. The molecule has 1 N–H and O–H groups in total. The highest BCUT2D eigenvalue weighted by Gasteiger charge is 2.27. The molecule has 0 aliphatic heterocycles. The lowest BCUT2D eigenvalue weighted by atomic mass is 10.1. The molecule has 0 fully saturated rings. The molecule has 2 atom stereocenters. The fourth-order valence-electron chi connectivity index (χ4n) is 2.25. The van der Waals surface area contributed by atoms with Crippen LogP contribution in [0.2, 0.25) is 0 Å². The molecule has 0 saturated carbocycles. The van der Waals surface area contributed by atoms with Crippen molar-refractivity contribution >= 4 is 11.9 Å². The number of nitrogens with zero attached hydrogens (tertiary/aromatic N) is 3. The molecular weight excluding hydrogens is 344 g/mol. The Kier molecular flexibility index (Phi) is 7.00. The number of carbonyl (C=O) groups is 2. The third-order valence-corrected chi connectivity index (χ3v) is 3.73. The van der Waals surface area contributed by atoms with E-state index < -0.39 is 24.0 Å². The van der Waals surface area contributed by atoms with Crippen molar-refractivity contribution in [3.05, 3.63) is 81.7 Å². The fourth-order valence-corrected chi connectivity index (χ4v) is 2.25. The Morgan fingerprint density at radius 3 is 2.22 bits per heavy atom. The Bertz CT molecular complexity index is 908. The highest BCUT2D eigenvalue weighted by atomic mass is 16.5. The number of hydrogen-bond donors (Lipinski definition) is 1. The summed E-state index contributed by atoms with van der Waals surface area (Å²) in [5, 5.41) is 5.99. The smallest absolute Gasteiger partial charge is 0.328 e. The van der Waals surface area contributed by atoms with Crippen LogP contribution in [0.25, 0.3) is 10.4 Å². The first-order valence-electron chi connectivity index (χ1n) is 8.15. The lowest BCUT2D eigenvalue weighted by Gasteiger charge is -2.19. The molecule has 7 nitrogen and oxygen atoms in total. The molecule has 2 aromatic rings. The highest BCUT2D eigenvalue weighted by molar-refractivity contribution is 5.97. The summed E-state index contributed by atoms with van der Waals surface area (Å²) in [6.45, 7) is 1.52. The first kappa shape index (κ1) is 19.6. The summed E-state index contributed by atoms with van der Waals surface area (Å²) in [4.78, 5) is 26.9. The number of azide groups is 1. The Hall–Kier alpha value is -3.75. The standard InChI is InChI=1S/C20H18N4O3/c1-14(23-24-21)18(20(26)27-2)22-19(25)17-12-10-16(11-13-17)9-8-15-6-4-3-5-7-15/h3-7,10-14,18H,1-2H3,(H,22,25)/t14-,18?/m1/s1. The first-order chi connectivity index (χ1) is 13.0. The molecule has 136 valence electrons. The van der Waals surface area contributed by atoms with Crippen LogP contribution in [0.4, 0.5) is 0 Å². The van der Waals surface area contributed by atoms with Gasteiger partial charge in [0.25, 0.3) is 5.91 Å². The van der Waals surface area contributed by atoms with E-state index in [-0.39, 0.29) is 0 Å². The maximum absolute atomic E-state index is 12.4. The molecule has 0 aliphatic rings. The third-order valence-electron chi connectivity index (χ3n) is 3.73. The number of nitrogens with one attached hydrogen (secondary N) is 1. The average molecular weight is 362 g/mol. The van der Waals surface area contributed by atoms with E-state index in [0.29, 0.717) is 5.56 Å². The molecule has 0 spiro atoms. The van der Waals surface area contributed by atoms with Crippen molar-refractivity contribution in [3.8, 4) is 11.8 Å². The topological polar surface area (TPSA) is 104 Å². The maximum Gasteiger partial charge on any atom is 0.328 e. The van der Waals surface area contributed by atoms with Gasteiger partial charge >= 0.3 is 5.97 Å². The zero-order valence-corrected chi connectivity index (χ0v) is 14.9. The van der Waals surface area contributed by atoms with Gasteiger partial charge in [-0.05, 0) is 41.9 Å². The Balaban J connectivity index is 2.11. The zero-order valence-electron chi connectivity index (χ0n) is 14.9. The molecule has 1 amide bonds. The van der Waals surface area contributed by atoms with Crippen LogP contribution >= 0.6 is 0 Å². The fraction of sp³-hybridized carbons (Fsp3) is 0.200. The SMILES string of the molecule is COC(=O)C(NC(=O)c1ccc(C#Cc2ccccc2)cc1)[C@@H](C)N=[N+]=[N-]. The predicted molar refractivity (Wildman–Crippen MR) is 101 cm³/mol. The van der Waals surface area contributed by atoms with Crippen molar-refractivity contribution in [2.24, 2.45) is 5.11 Å². The van der Waals surface area contributed by atoms with E-state index in [1.807, 2.05) is 30.3 Å². The maximum atomic E-state index is 12.4. The van der Waals surface area contributed by atoms with Crippen LogP contribution in [0.15, 0.2) is 59.7 Å². The second-order valence-corrected chi connectivity index (χ2v) is 5.61. The minimum absolute atomic E-state index is 0.349. The van der Waals surface area contributed by atoms with Crippen molar-refractivity contribution < 1.29 is 14.3 Å². The van der Waals surface area contributed by atoms with Crippen molar-refractivity contribution in [1.29, 1.82) is 0 Å². The van der Waals surface area contributed by atoms with Gasteiger partial charge in [-0.15, -0.1) is 0 Å². The number of esters is 1. The van der Waals surface area contributed by atoms with Gasteiger partial charge in [0.05, 0.1) is 13.2 Å². The van der Waals surface area contributed by atoms with E-state index in [1.54, 1.807) is 24.3 Å². The summed E-state index contributed by atoms with van der Waals surface area (Å²) in [6, 6.07) is 14.3. The number of carbonyl (C=O) groups excluding carboxylic acids is 2. The number of hydrogen-bond acceptors (Lipinski definition) is 4. The van der Waals surface area contributed by atoms with E-state index in [9.17, 15) is 9.59 Å². The zero-order chi connectivity index (χ0) is 19.6. The molecule has 0 radical (unpaired) electrons. The van der Waals surface area contributed by atoms with E-state index >= 15 is 0 Å². The van der Waals surface area contributed by atoms with Crippen LogP contribution in [0, 0.1) is 11.8 Å². The number of benzene rings is 2. The van der Waals surface area contributed by atoms with Gasteiger partial charge in [-0.3, -0.25) is 4.79 Å². The molecule has 1 unspecified atom stereocenters. The van der Waals surface area contributed by atoms with Crippen molar-refractivity contribution in [3.63, 3.8) is 0 Å². The number of amides is 1. The Morgan fingerprint density at radius 1 is 1.07 bits per heavy atom. The molecule has 2 rings (SSSR count). The summed E-state index contributed by atoms with van der Waals surface area (Å²) in [6.07, 6.45) is 0. The number of rotatable bonds is 5. The summed E-state index contributed by atoms with van der Waals surface area (Å²) in [7, 11) is 1.20. The van der Waals surface area contributed by atoms with Crippen LogP contribution in [0.5, 0.6) is 0 Å². The molecule has 0 aliphatic carbocycles. The minimum Gasteiger partial charge on any atom is -0.467 e. The van der Waals surface area contributed by atoms with E-state index in [0.717, 1.165) is 11.1 Å². The quantitative estimate of drug-likeness (QED) is 0.290. The van der Waals surface area contributed by atoms with Crippen molar-refractivity contribution in [2.75, 3.05) is 7.11 Å². The molecule has 0 bridgehead atoms. The molecule has 7 heteroatoms. The second kappa shape index (κ2) is 9.66. The van der Waals surface area contributed by atoms with Gasteiger partial charge in [0.1, 0.15) is 6.04 Å². The first-order valence-corrected chi connectivity index (χ1v) is 8.15. The average Bonchev–Trinajstić information content (AvgIpc) is 2.71. The molecule has 0 heterocycles. The van der Waals surface area contributed by atoms with E-state index in [2.05, 4.69) is 31.9 Å². The number of methoxy groups -OCH3 is 1. The minimum atomic E-state index is -1.07. The summed E-state index contributed by atoms with van der Waals surface area (Å²) in [5.74, 6) is 4.89. The molecule has 27 heavy (non-hydrogen) atoms. The number of ether oxygens (including phenoxy) is 1. The van der Waals surface area contributed by atoms with Crippen LogP contribution < -0.4 is 5.32 Å². The molecule has 0 saturated heterocycles. The van der Waals surface area contributed by atoms with Gasteiger partial charge in [-0.25, -0.2) is 4.79 Å². The summed E-state index contributed by atoms with van der Waals surface area (Å²) < 4.78 is 4.65. The molecule has 0 aromatic heterocycles. The van der Waals surface area contributed by atoms with Crippen molar-refractivity contribution in [2.45, 2.75) is 19.0 Å². The Labute approximate surface area is 157 Å². The van der Waals surface area contributed by atoms with Gasteiger partial charge in [0, 0.05) is 21.6 Å². The summed E-state index contributed by atoms with van der Waals surface area (Å²) >= 11 is 0. The Morgan fingerprint density at radius 2 is 1.67 bits per heavy atom. The molecule has 2 aromatic carbocycles. The monoisotopic (exact) mass is 362 g/mol. The van der Waals surface area contributed by atoms with Gasteiger partial charge in [-0.1, -0.05) is 42.1 Å². The van der Waals surface area contributed by atoms with Crippen LogP contribution in [0.3, 0.4) is 0 Å².